The average Bonchev–Trinajstić information content (AvgIpc) is 1.38. The van der Waals surface area contributed by atoms with Crippen molar-refractivity contribution in [2.75, 3.05) is 0 Å². The van der Waals surface area contributed by atoms with Crippen LogP contribution in [-0.4, -0.2) is 17.4 Å². The zero-order chi connectivity index (χ0) is 4.28. The van der Waals surface area contributed by atoms with Crippen molar-refractivity contribution in [3.63, 3.8) is 0 Å². The summed E-state index contributed by atoms with van der Waals surface area (Å²) in [6, 6.07) is 0. The second kappa shape index (κ2) is 4.80. The van der Waals surface area contributed by atoms with Crippen LogP contribution in [0, 0.1) is 0 Å². The van der Waals surface area contributed by atoms with E-state index in [9.17, 15) is 0 Å². The molecule has 0 aliphatic heterocycles. The van der Waals surface area contributed by atoms with Crippen LogP contribution in [0.5, 0.6) is 0 Å². The molecule has 0 aliphatic carbocycles. The third kappa shape index (κ3) is 9.19. The van der Waals surface area contributed by atoms with E-state index in [2.05, 4.69) is 0 Å². The second-order valence-corrected chi connectivity index (χ2v) is 0.407. The summed E-state index contributed by atoms with van der Waals surface area (Å²) in [6.45, 7) is 0. The van der Waals surface area contributed by atoms with Gasteiger partial charge in [-0.2, -0.15) is 6.29 Å². The van der Waals surface area contributed by atoms with E-state index >= 15 is 0 Å². The molecule has 38 valence electrons. The Kier molecular flexibility index (Phi) is 7.41. The molecule has 0 saturated heterocycles. The molecule has 0 aromatic carbocycles. The van der Waals surface area contributed by atoms with Crippen LogP contribution in [0.25, 0.3) is 0 Å². The fourth-order valence-corrected chi connectivity index (χ4v) is 0. The zero-order valence-electron chi connectivity index (χ0n) is 2.58. The van der Waals surface area contributed by atoms with Gasteiger partial charge in [-0.15, -0.1) is 0 Å². The summed E-state index contributed by atoms with van der Waals surface area (Å²) in [5.74, 6) is -1.55. The van der Waals surface area contributed by atoms with E-state index in [1.807, 2.05) is 0 Å². The van der Waals surface area contributed by atoms with E-state index in [-0.39, 0.29) is 20.4 Å². The van der Waals surface area contributed by atoms with E-state index in [1.165, 1.54) is 0 Å². The Morgan fingerprint density at radius 3 is 1.83 bits per heavy atom. The van der Waals surface area contributed by atoms with Gasteiger partial charge in [0, 0.05) is 20.4 Å². The van der Waals surface area contributed by atoms with Gasteiger partial charge in [-0.25, -0.2) is 0 Å². The topological polar surface area (TPSA) is 54.4 Å². The molecule has 0 amide bonds. The molecule has 0 aliphatic rings. The maximum Gasteiger partial charge on any atom is 0.180 e. The first-order valence-electron chi connectivity index (χ1n) is 0.882. The molecular formula is C2HO3Pd-. The van der Waals surface area contributed by atoms with Crippen molar-refractivity contribution < 1.29 is 35.1 Å². The third-order valence-corrected chi connectivity index (χ3v) is 0.0873. The normalized spacial score (nSPS) is 5.33. The number of aliphatic carboxylic acids is 1. The van der Waals surface area contributed by atoms with Crippen LogP contribution < -0.4 is 0 Å². The number of hydrogen-bond donors (Lipinski definition) is 1. The monoisotopic (exact) mass is 179 g/mol. The van der Waals surface area contributed by atoms with Crippen LogP contribution in [0.2, 0.25) is 0 Å². The van der Waals surface area contributed by atoms with Crippen molar-refractivity contribution in [3.8, 4) is 0 Å². The van der Waals surface area contributed by atoms with Gasteiger partial charge in [0.15, 0.2) is 5.97 Å². The summed E-state index contributed by atoms with van der Waals surface area (Å²) in [4.78, 5) is 17.7. The van der Waals surface area contributed by atoms with Gasteiger partial charge in [0.2, 0.25) is 0 Å². The molecule has 0 radical (unpaired) electrons. The smallest absolute Gasteiger partial charge is 0.180 e. The third-order valence-electron chi connectivity index (χ3n) is 0.0873. The first kappa shape index (κ1) is 9.26. The van der Waals surface area contributed by atoms with Gasteiger partial charge >= 0.3 is 0 Å². The summed E-state index contributed by atoms with van der Waals surface area (Å²) in [7, 11) is 0. The number of carboxylic acid groups (broad SMARTS) is 1. The van der Waals surface area contributed by atoms with Crippen LogP contribution in [-0.2, 0) is 30.0 Å². The van der Waals surface area contributed by atoms with Crippen molar-refractivity contribution in [3.05, 3.63) is 0 Å². The van der Waals surface area contributed by atoms with E-state index in [0.717, 1.165) is 0 Å². The molecule has 0 unspecified atom stereocenters. The minimum absolute atomic E-state index is 0. The SMILES string of the molecule is O=[C-]C(=O)O.[Pd]. The molecular weight excluding hydrogens is 178 g/mol. The van der Waals surface area contributed by atoms with Crippen LogP contribution >= 0.6 is 0 Å². The van der Waals surface area contributed by atoms with Crippen molar-refractivity contribution in [1.29, 1.82) is 0 Å². The van der Waals surface area contributed by atoms with Crippen molar-refractivity contribution in [2.45, 2.75) is 0 Å². The largest absolute Gasteiger partial charge is 0.531 e. The Morgan fingerprint density at radius 1 is 1.67 bits per heavy atom. The van der Waals surface area contributed by atoms with E-state index < -0.39 is 5.97 Å². The molecule has 0 fully saturated rings. The minimum Gasteiger partial charge on any atom is -0.531 e. The number of rotatable bonds is 1. The maximum atomic E-state index is 8.94. The Labute approximate surface area is 48.0 Å². The maximum absolute atomic E-state index is 8.94. The Balaban J connectivity index is 0. The van der Waals surface area contributed by atoms with Gasteiger partial charge in [0.25, 0.3) is 0 Å². The number of carboxylic acids is 1. The predicted molar refractivity (Wildman–Crippen MR) is 13.3 cm³/mol. The molecule has 0 aromatic rings. The van der Waals surface area contributed by atoms with Gasteiger partial charge in [-0.3, -0.25) is 4.79 Å². The van der Waals surface area contributed by atoms with Crippen LogP contribution in [0.3, 0.4) is 0 Å². The molecule has 0 atom stereocenters. The van der Waals surface area contributed by atoms with Crippen LogP contribution in [0.1, 0.15) is 0 Å². The van der Waals surface area contributed by atoms with Crippen LogP contribution in [0.4, 0.5) is 0 Å². The van der Waals surface area contributed by atoms with E-state index in [4.69, 9.17) is 14.7 Å². The number of hydrogen-bond acceptors (Lipinski definition) is 2. The molecule has 4 heteroatoms. The molecule has 6 heavy (non-hydrogen) atoms. The van der Waals surface area contributed by atoms with Gasteiger partial charge in [0.1, 0.15) is 0 Å². The Bertz CT molecular complexity index is 59.8. The molecule has 0 bridgehead atoms. The summed E-state index contributed by atoms with van der Waals surface area (Å²) in [5.41, 5.74) is 0. The first-order valence-corrected chi connectivity index (χ1v) is 0.882. The zero-order valence-corrected chi connectivity index (χ0v) is 4.13. The fraction of sp³-hybridized carbons (Fsp3) is 0. The first-order chi connectivity index (χ1) is 2.27. The fourth-order valence-electron chi connectivity index (χ4n) is 0. The van der Waals surface area contributed by atoms with Gasteiger partial charge in [-0.1, -0.05) is 0 Å². The van der Waals surface area contributed by atoms with Crippen LogP contribution in [0.15, 0.2) is 0 Å². The predicted octanol–water partition coefficient (Wildman–Crippen LogP) is -0.822. The quantitative estimate of drug-likeness (QED) is 0.325. The van der Waals surface area contributed by atoms with Gasteiger partial charge in [0.05, 0.1) is 0 Å². The molecule has 0 rings (SSSR count). The average molecular weight is 179 g/mol. The molecule has 0 spiro atoms. The Morgan fingerprint density at radius 2 is 1.83 bits per heavy atom. The standard InChI is InChI=1S/C2HO3.Pd/c3-1-2(4)5;/h(H,4,5);/q-1;. The van der Waals surface area contributed by atoms with Crippen molar-refractivity contribution in [2.24, 2.45) is 0 Å². The second-order valence-electron chi connectivity index (χ2n) is 0.407. The summed E-state index contributed by atoms with van der Waals surface area (Å²) in [5, 5.41) is 7.30. The Hall–Kier alpha value is -0.198. The van der Waals surface area contributed by atoms with Gasteiger partial charge in [-0.05, 0) is 0 Å². The van der Waals surface area contributed by atoms with E-state index in [0.29, 0.717) is 6.29 Å². The number of carbonyl (C=O) groups excluding carboxylic acids is 1. The van der Waals surface area contributed by atoms with Gasteiger partial charge < -0.3 is 9.90 Å². The molecule has 0 aromatic heterocycles. The summed E-state index contributed by atoms with van der Waals surface area (Å²) >= 11 is 0. The summed E-state index contributed by atoms with van der Waals surface area (Å²) < 4.78 is 0. The summed E-state index contributed by atoms with van der Waals surface area (Å²) in [6.07, 6.45) is 0.694. The minimum atomic E-state index is -1.55. The molecule has 3 nitrogen and oxygen atoms in total. The molecule has 0 saturated carbocycles. The molecule has 0 heterocycles. The molecule has 1 N–H and O–H groups in total. The van der Waals surface area contributed by atoms with Crippen molar-refractivity contribution in [1.82, 2.24) is 0 Å². The van der Waals surface area contributed by atoms with Crippen molar-refractivity contribution >= 4 is 12.3 Å². The number of carbonyl (C=O) groups is 1. The van der Waals surface area contributed by atoms with E-state index in [1.54, 1.807) is 0 Å².